The van der Waals surface area contributed by atoms with Crippen LogP contribution in [0, 0.1) is 6.92 Å². The fraction of sp³-hybridized carbons (Fsp3) is 0.235. The molecule has 0 saturated heterocycles. The van der Waals surface area contributed by atoms with Gasteiger partial charge in [-0.1, -0.05) is 52.3 Å². The third kappa shape index (κ3) is 4.58. The monoisotopic (exact) mass is 365 g/mol. The molecule has 0 saturated carbocycles. The zero-order valence-corrected chi connectivity index (χ0v) is 14.1. The topological polar surface area (TPSA) is 29.1 Å². The first-order valence-electron chi connectivity index (χ1n) is 6.77. The van der Waals surface area contributed by atoms with Crippen molar-refractivity contribution in [2.24, 2.45) is 0 Å². The van der Waals surface area contributed by atoms with Crippen molar-refractivity contribution in [2.75, 3.05) is 5.88 Å². The zero-order valence-electron chi connectivity index (χ0n) is 11.8. The van der Waals surface area contributed by atoms with E-state index in [1.807, 2.05) is 55.5 Å². The maximum Gasteiger partial charge on any atom is 0.251 e. The van der Waals surface area contributed by atoms with Gasteiger partial charge in [0.05, 0.1) is 0 Å². The zero-order chi connectivity index (χ0) is 15.2. The van der Waals surface area contributed by atoms with Crippen LogP contribution in [-0.2, 0) is 6.42 Å². The van der Waals surface area contributed by atoms with Gasteiger partial charge < -0.3 is 5.32 Å². The van der Waals surface area contributed by atoms with E-state index in [1.165, 1.54) is 0 Å². The highest BCUT2D eigenvalue weighted by Crippen LogP contribution is 2.16. The lowest BCUT2D eigenvalue weighted by molar-refractivity contribution is 0.0940. The molecule has 2 aromatic rings. The first-order valence-corrected chi connectivity index (χ1v) is 8.10. The van der Waals surface area contributed by atoms with Crippen LogP contribution in [0.3, 0.4) is 0 Å². The van der Waals surface area contributed by atoms with Crippen LogP contribution in [0.15, 0.2) is 53.0 Å². The maximum atomic E-state index is 12.4. The van der Waals surface area contributed by atoms with Crippen molar-refractivity contribution in [1.82, 2.24) is 5.32 Å². The summed E-state index contributed by atoms with van der Waals surface area (Å²) in [6.45, 7) is 1.92. The standard InChI is InChI=1S/C17H17BrClNO/c1-12-7-8-14(18)10-16(12)17(21)20-15(11-19)9-13-5-3-2-4-6-13/h2-8,10,15H,9,11H2,1H3,(H,20,21). The third-order valence-electron chi connectivity index (χ3n) is 3.29. The number of hydrogen-bond donors (Lipinski definition) is 1. The summed E-state index contributed by atoms with van der Waals surface area (Å²) in [5.74, 6) is 0.295. The van der Waals surface area contributed by atoms with Crippen molar-refractivity contribution >= 4 is 33.4 Å². The number of nitrogens with one attached hydrogen (secondary N) is 1. The van der Waals surface area contributed by atoms with Gasteiger partial charge in [0, 0.05) is 22.0 Å². The molecule has 4 heteroatoms. The molecule has 1 amide bonds. The second kappa shape index (κ2) is 7.62. The van der Waals surface area contributed by atoms with Crippen molar-refractivity contribution < 1.29 is 4.79 Å². The number of hydrogen-bond acceptors (Lipinski definition) is 1. The molecule has 1 N–H and O–H groups in total. The molecule has 0 fully saturated rings. The summed E-state index contributed by atoms with van der Waals surface area (Å²) < 4.78 is 0.892. The average Bonchev–Trinajstić information content (AvgIpc) is 2.50. The summed E-state index contributed by atoms with van der Waals surface area (Å²) >= 11 is 9.39. The fourth-order valence-electron chi connectivity index (χ4n) is 2.14. The molecule has 0 spiro atoms. The lowest BCUT2D eigenvalue weighted by Gasteiger charge is -2.17. The molecule has 0 aliphatic heterocycles. The van der Waals surface area contributed by atoms with Gasteiger partial charge in [-0.2, -0.15) is 0 Å². The van der Waals surface area contributed by atoms with Gasteiger partial charge >= 0.3 is 0 Å². The van der Waals surface area contributed by atoms with Gasteiger partial charge in [0.15, 0.2) is 0 Å². The van der Waals surface area contributed by atoms with Gasteiger partial charge in [0.2, 0.25) is 0 Å². The maximum absolute atomic E-state index is 12.4. The van der Waals surface area contributed by atoms with E-state index in [1.54, 1.807) is 0 Å². The summed E-state index contributed by atoms with van der Waals surface area (Å²) in [6, 6.07) is 15.6. The third-order valence-corrected chi connectivity index (χ3v) is 4.16. The molecular formula is C17H17BrClNO. The van der Waals surface area contributed by atoms with E-state index in [0.29, 0.717) is 11.4 Å². The average molecular weight is 367 g/mol. The van der Waals surface area contributed by atoms with Crippen LogP contribution in [0.25, 0.3) is 0 Å². The molecule has 0 radical (unpaired) electrons. The second-order valence-electron chi connectivity index (χ2n) is 4.97. The molecule has 110 valence electrons. The molecule has 0 bridgehead atoms. The minimum absolute atomic E-state index is 0.0834. The Morgan fingerprint density at radius 1 is 1.24 bits per heavy atom. The van der Waals surface area contributed by atoms with Gasteiger partial charge in [0.1, 0.15) is 0 Å². The molecule has 0 aromatic heterocycles. The number of amides is 1. The molecule has 2 nitrogen and oxygen atoms in total. The van der Waals surface area contributed by atoms with E-state index in [2.05, 4.69) is 21.2 Å². The Morgan fingerprint density at radius 2 is 1.95 bits per heavy atom. The molecular weight excluding hydrogens is 350 g/mol. The van der Waals surface area contributed by atoms with Crippen LogP contribution >= 0.6 is 27.5 Å². The van der Waals surface area contributed by atoms with E-state index in [-0.39, 0.29) is 11.9 Å². The Bertz CT molecular complexity index is 615. The Kier molecular flexibility index (Phi) is 5.83. The van der Waals surface area contributed by atoms with Crippen molar-refractivity contribution in [1.29, 1.82) is 0 Å². The smallest absolute Gasteiger partial charge is 0.251 e. The van der Waals surface area contributed by atoms with Crippen LogP contribution in [0.2, 0.25) is 0 Å². The Morgan fingerprint density at radius 3 is 2.62 bits per heavy atom. The van der Waals surface area contributed by atoms with E-state index in [4.69, 9.17) is 11.6 Å². The molecule has 2 rings (SSSR count). The first-order chi connectivity index (χ1) is 10.1. The van der Waals surface area contributed by atoms with Crippen molar-refractivity contribution in [2.45, 2.75) is 19.4 Å². The lowest BCUT2D eigenvalue weighted by atomic mass is 10.1. The highest BCUT2D eigenvalue weighted by Gasteiger charge is 2.15. The molecule has 0 heterocycles. The molecule has 1 unspecified atom stereocenters. The number of carbonyl (C=O) groups excluding carboxylic acids is 1. The number of alkyl halides is 1. The van der Waals surface area contributed by atoms with Gasteiger partial charge in [-0.25, -0.2) is 0 Å². The highest BCUT2D eigenvalue weighted by atomic mass is 79.9. The summed E-state index contributed by atoms with van der Waals surface area (Å²) in [6.07, 6.45) is 0.725. The van der Waals surface area contributed by atoms with Gasteiger partial charge in [0.25, 0.3) is 5.91 Å². The van der Waals surface area contributed by atoms with Crippen molar-refractivity contribution in [3.05, 3.63) is 69.7 Å². The predicted octanol–water partition coefficient (Wildman–Crippen LogP) is 4.34. The fourth-order valence-corrected chi connectivity index (χ4v) is 2.69. The SMILES string of the molecule is Cc1ccc(Br)cc1C(=O)NC(CCl)Cc1ccccc1. The molecule has 0 aliphatic carbocycles. The van der Waals surface area contributed by atoms with Crippen LogP contribution < -0.4 is 5.32 Å². The first kappa shape index (κ1) is 16.1. The number of halogens is 2. The van der Waals surface area contributed by atoms with Crippen LogP contribution in [0.1, 0.15) is 21.5 Å². The number of aryl methyl sites for hydroxylation is 1. The number of benzene rings is 2. The van der Waals surface area contributed by atoms with Gasteiger partial charge in [-0.15, -0.1) is 11.6 Å². The molecule has 0 aliphatic rings. The van der Waals surface area contributed by atoms with E-state index in [0.717, 1.165) is 22.0 Å². The molecule has 2 aromatic carbocycles. The van der Waals surface area contributed by atoms with E-state index in [9.17, 15) is 4.79 Å². The predicted molar refractivity (Wildman–Crippen MR) is 91.0 cm³/mol. The Labute approximate surface area is 138 Å². The highest BCUT2D eigenvalue weighted by molar-refractivity contribution is 9.10. The second-order valence-corrected chi connectivity index (χ2v) is 6.20. The minimum atomic E-state index is -0.0876. The van der Waals surface area contributed by atoms with Crippen LogP contribution in [0.4, 0.5) is 0 Å². The van der Waals surface area contributed by atoms with Crippen LogP contribution in [0.5, 0.6) is 0 Å². The number of carbonyl (C=O) groups is 1. The van der Waals surface area contributed by atoms with Crippen LogP contribution in [-0.4, -0.2) is 17.8 Å². The van der Waals surface area contributed by atoms with E-state index < -0.39 is 0 Å². The summed E-state index contributed by atoms with van der Waals surface area (Å²) in [7, 11) is 0. The van der Waals surface area contributed by atoms with Gasteiger partial charge in [-0.3, -0.25) is 4.79 Å². The summed E-state index contributed by atoms with van der Waals surface area (Å²) in [5, 5.41) is 3.01. The summed E-state index contributed by atoms with van der Waals surface area (Å²) in [5.41, 5.74) is 2.78. The minimum Gasteiger partial charge on any atom is -0.348 e. The molecule has 1 atom stereocenters. The quantitative estimate of drug-likeness (QED) is 0.784. The van der Waals surface area contributed by atoms with Gasteiger partial charge in [-0.05, 0) is 36.6 Å². The van der Waals surface area contributed by atoms with E-state index >= 15 is 0 Å². The normalized spacial score (nSPS) is 12.0. The number of rotatable bonds is 5. The lowest BCUT2D eigenvalue weighted by Crippen LogP contribution is -2.38. The Balaban J connectivity index is 2.07. The largest absolute Gasteiger partial charge is 0.348 e. The summed E-state index contributed by atoms with van der Waals surface area (Å²) in [4.78, 5) is 12.4. The Hall–Kier alpha value is -1.32. The van der Waals surface area contributed by atoms with Crippen molar-refractivity contribution in [3.8, 4) is 0 Å². The molecule has 21 heavy (non-hydrogen) atoms. The van der Waals surface area contributed by atoms with Crippen molar-refractivity contribution in [3.63, 3.8) is 0 Å².